The number of methoxy groups -OCH3 is 1. The molecule has 1 aliphatic carbocycles. The van der Waals surface area contributed by atoms with Gasteiger partial charge in [0.25, 0.3) is 11.5 Å². The summed E-state index contributed by atoms with van der Waals surface area (Å²) in [6, 6.07) is 6.95. The number of hydrogen-bond donors (Lipinski definition) is 2. The molecule has 0 atom stereocenters. The first-order valence-electron chi connectivity index (χ1n) is 7.86. The number of rotatable bonds is 6. The quantitative estimate of drug-likeness (QED) is 0.808. The minimum atomic E-state index is -0.543. The Balaban J connectivity index is 1.67. The van der Waals surface area contributed by atoms with E-state index >= 15 is 0 Å². The van der Waals surface area contributed by atoms with E-state index in [1.54, 1.807) is 31.4 Å². The smallest absolute Gasteiger partial charge is 0.266 e. The Morgan fingerprint density at radius 2 is 2.00 bits per heavy atom. The highest BCUT2D eigenvalue weighted by Gasteiger charge is 2.25. The molecule has 3 rings (SSSR count). The molecule has 1 fully saturated rings. The van der Waals surface area contributed by atoms with Crippen LogP contribution in [0.25, 0.3) is 0 Å². The molecule has 130 valence electrons. The van der Waals surface area contributed by atoms with Crippen LogP contribution in [0.4, 0.5) is 5.69 Å². The zero-order valence-corrected chi connectivity index (χ0v) is 13.7. The molecule has 1 aromatic heterocycles. The molecule has 0 radical (unpaired) electrons. The summed E-state index contributed by atoms with van der Waals surface area (Å²) in [6.07, 6.45) is 4.30. The monoisotopic (exact) mass is 342 g/mol. The molecule has 1 aliphatic rings. The third-order valence-corrected chi connectivity index (χ3v) is 3.75. The van der Waals surface area contributed by atoms with Crippen molar-refractivity contribution < 1.29 is 14.3 Å². The third kappa shape index (κ3) is 4.23. The number of ether oxygens (including phenoxy) is 1. The van der Waals surface area contributed by atoms with Crippen LogP contribution in [-0.4, -0.2) is 34.5 Å². The van der Waals surface area contributed by atoms with Crippen LogP contribution < -0.4 is 20.9 Å². The fraction of sp³-hybridized carbons (Fsp3) is 0.294. The average molecular weight is 342 g/mol. The lowest BCUT2D eigenvalue weighted by Crippen LogP contribution is -2.36. The van der Waals surface area contributed by atoms with Crippen molar-refractivity contribution in [3.63, 3.8) is 0 Å². The highest BCUT2D eigenvalue weighted by Crippen LogP contribution is 2.18. The minimum absolute atomic E-state index is 0.0633. The molecular weight excluding hydrogens is 324 g/mol. The van der Waals surface area contributed by atoms with Crippen LogP contribution in [0.2, 0.25) is 0 Å². The molecular formula is C17H18N4O4. The molecule has 2 aromatic rings. The highest BCUT2D eigenvalue weighted by atomic mass is 16.5. The summed E-state index contributed by atoms with van der Waals surface area (Å²) in [5.41, 5.74) is -0.0286. The summed E-state index contributed by atoms with van der Waals surface area (Å²) < 4.78 is 6.16. The predicted octanol–water partition coefficient (Wildman–Crippen LogP) is 0.783. The normalized spacial score (nSPS) is 13.2. The van der Waals surface area contributed by atoms with Gasteiger partial charge in [0.15, 0.2) is 0 Å². The van der Waals surface area contributed by atoms with Gasteiger partial charge in [0.05, 0.1) is 13.4 Å². The van der Waals surface area contributed by atoms with E-state index in [-0.39, 0.29) is 18.2 Å². The molecule has 8 nitrogen and oxygen atoms in total. The van der Waals surface area contributed by atoms with Crippen molar-refractivity contribution in [3.05, 3.63) is 52.7 Å². The molecule has 0 aliphatic heterocycles. The molecule has 1 saturated carbocycles. The van der Waals surface area contributed by atoms with Gasteiger partial charge in [0.2, 0.25) is 5.91 Å². The summed E-state index contributed by atoms with van der Waals surface area (Å²) >= 11 is 0. The van der Waals surface area contributed by atoms with Crippen molar-refractivity contribution in [1.82, 2.24) is 14.9 Å². The first-order valence-corrected chi connectivity index (χ1v) is 7.86. The lowest BCUT2D eigenvalue weighted by Gasteiger charge is -2.09. The Bertz CT molecular complexity index is 840. The Morgan fingerprint density at radius 1 is 1.28 bits per heavy atom. The maximum atomic E-state index is 12.3. The van der Waals surface area contributed by atoms with E-state index in [9.17, 15) is 14.4 Å². The number of amides is 2. The summed E-state index contributed by atoms with van der Waals surface area (Å²) in [5.74, 6) is -0.175. The summed E-state index contributed by atoms with van der Waals surface area (Å²) in [6.45, 7) is -0.234. The highest BCUT2D eigenvalue weighted by molar-refractivity contribution is 5.94. The zero-order valence-electron chi connectivity index (χ0n) is 13.7. The molecule has 2 amide bonds. The first-order chi connectivity index (χ1) is 12.1. The Morgan fingerprint density at radius 3 is 2.64 bits per heavy atom. The molecule has 0 saturated heterocycles. The first kappa shape index (κ1) is 16.7. The number of benzene rings is 1. The molecule has 1 heterocycles. The van der Waals surface area contributed by atoms with Crippen molar-refractivity contribution in [2.75, 3.05) is 12.4 Å². The van der Waals surface area contributed by atoms with Crippen molar-refractivity contribution in [2.45, 2.75) is 25.4 Å². The number of carbonyl (C=O) groups is 2. The van der Waals surface area contributed by atoms with E-state index in [0.717, 1.165) is 17.4 Å². The van der Waals surface area contributed by atoms with Gasteiger partial charge in [-0.2, -0.15) is 0 Å². The lowest BCUT2D eigenvalue weighted by atomic mass is 10.3. The second-order valence-corrected chi connectivity index (χ2v) is 5.76. The average Bonchev–Trinajstić information content (AvgIpc) is 3.41. The van der Waals surface area contributed by atoms with Gasteiger partial charge in [0.1, 0.15) is 17.9 Å². The van der Waals surface area contributed by atoms with Crippen LogP contribution in [0, 0.1) is 0 Å². The predicted molar refractivity (Wildman–Crippen MR) is 90.6 cm³/mol. The Kier molecular flexibility index (Phi) is 4.78. The molecule has 2 N–H and O–H groups in total. The maximum absolute atomic E-state index is 12.3. The van der Waals surface area contributed by atoms with Gasteiger partial charge in [0, 0.05) is 17.9 Å². The van der Waals surface area contributed by atoms with Gasteiger partial charge in [-0.25, -0.2) is 4.98 Å². The number of hydrogen-bond acceptors (Lipinski definition) is 5. The zero-order chi connectivity index (χ0) is 17.8. The van der Waals surface area contributed by atoms with E-state index in [4.69, 9.17) is 4.74 Å². The van der Waals surface area contributed by atoms with Crippen LogP contribution in [0.3, 0.4) is 0 Å². The third-order valence-electron chi connectivity index (χ3n) is 3.75. The van der Waals surface area contributed by atoms with Gasteiger partial charge in [-0.05, 0) is 37.1 Å². The Hall–Kier alpha value is -3.16. The van der Waals surface area contributed by atoms with Crippen LogP contribution in [0.15, 0.2) is 41.6 Å². The fourth-order valence-electron chi connectivity index (χ4n) is 2.24. The molecule has 0 unspecified atom stereocenters. The lowest BCUT2D eigenvalue weighted by molar-refractivity contribution is -0.116. The number of nitrogens with zero attached hydrogens (tertiary/aromatic N) is 2. The minimum Gasteiger partial charge on any atom is -0.497 e. The maximum Gasteiger partial charge on any atom is 0.266 e. The number of carbonyl (C=O) groups excluding carboxylic acids is 2. The van der Waals surface area contributed by atoms with Crippen LogP contribution in [0.5, 0.6) is 5.75 Å². The van der Waals surface area contributed by atoms with Gasteiger partial charge in [-0.15, -0.1) is 0 Å². The molecule has 25 heavy (non-hydrogen) atoms. The molecule has 8 heteroatoms. The summed E-state index contributed by atoms with van der Waals surface area (Å²) in [5, 5.41) is 5.41. The van der Waals surface area contributed by atoms with Gasteiger partial charge in [-0.1, -0.05) is 0 Å². The standard InChI is InChI=1S/C17H18N4O4/c1-25-13-6-4-11(5-7-13)19-15(22)9-21-10-18-8-14(17(21)24)16(23)20-12-2-3-12/h4-8,10,12H,2-3,9H2,1H3,(H,19,22)(H,20,23). The van der Waals surface area contributed by atoms with Crippen LogP contribution in [0.1, 0.15) is 23.2 Å². The molecule has 0 spiro atoms. The number of nitrogens with one attached hydrogen (secondary N) is 2. The number of aromatic nitrogens is 2. The summed E-state index contributed by atoms with van der Waals surface area (Å²) in [4.78, 5) is 40.4. The second-order valence-electron chi connectivity index (χ2n) is 5.76. The van der Waals surface area contributed by atoms with Gasteiger partial charge >= 0.3 is 0 Å². The van der Waals surface area contributed by atoms with Crippen molar-refractivity contribution in [2.24, 2.45) is 0 Å². The van der Waals surface area contributed by atoms with Crippen LogP contribution in [-0.2, 0) is 11.3 Å². The van der Waals surface area contributed by atoms with E-state index in [2.05, 4.69) is 15.6 Å². The summed E-state index contributed by atoms with van der Waals surface area (Å²) in [7, 11) is 1.55. The van der Waals surface area contributed by atoms with Crippen molar-refractivity contribution in [3.8, 4) is 5.75 Å². The van der Waals surface area contributed by atoms with E-state index < -0.39 is 17.4 Å². The van der Waals surface area contributed by atoms with Gasteiger partial charge < -0.3 is 15.4 Å². The van der Waals surface area contributed by atoms with E-state index in [1.165, 1.54) is 12.5 Å². The van der Waals surface area contributed by atoms with E-state index in [0.29, 0.717) is 11.4 Å². The van der Waals surface area contributed by atoms with Gasteiger partial charge in [-0.3, -0.25) is 19.0 Å². The second kappa shape index (κ2) is 7.16. The fourth-order valence-corrected chi connectivity index (χ4v) is 2.24. The van der Waals surface area contributed by atoms with Crippen LogP contribution >= 0.6 is 0 Å². The molecule has 1 aromatic carbocycles. The topological polar surface area (TPSA) is 102 Å². The Labute approximate surface area is 143 Å². The SMILES string of the molecule is COc1ccc(NC(=O)Cn2cncc(C(=O)NC3CC3)c2=O)cc1. The number of anilines is 1. The van der Waals surface area contributed by atoms with Crippen molar-refractivity contribution >= 4 is 17.5 Å². The molecule has 0 bridgehead atoms. The van der Waals surface area contributed by atoms with Crippen molar-refractivity contribution in [1.29, 1.82) is 0 Å². The largest absolute Gasteiger partial charge is 0.497 e. The van der Waals surface area contributed by atoms with E-state index in [1.807, 2.05) is 0 Å².